The Morgan fingerprint density at radius 1 is 1.08 bits per heavy atom. The summed E-state index contributed by atoms with van der Waals surface area (Å²) in [6.07, 6.45) is 8.47. The second-order valence-corrected chi connectivity index (χ2v) is 5.78. The number of para-hydroxylation sites is 1. The highest BCUT2D eigenvalue weighted by Crippen LogP contribution is 2.21. The second-order valence-electron chi connectivity index (χ2n) is 5.78. The number of hydrogen-bond acceptors (Lipinski definition) is 4. The van der Waals surface area contributed by atoms with Crippen LogP contribution in [0.2, 0.25) is 0 Å². The Balaban J connectivity index is 1.43. The highest BCUT2D eigenvalue weighted by Gasteiger charge is 2.07. The van der Waals surface area contributed by atoms with Gasteiger partial charge in [-0.1, -0.05) is 18.2 Å². The van der Waals surface area contributed by atoms with Gasteiger partial charge >= 0.3 is 6.03 Å². The number of carbonyl (C=O) groups is 1. The molecule has 26 heavy (non-hydrogen) atoms. The molecule has 4 rings (SSSR count). The van der Waals surface area contributed by atoms with Crippen LogP contribution in [0.4, 0.5) is 10.5 Å². The van der Waals surface area contributed by atoms with Gasteiger partial charge in [0.05, 0.1) is 23.7 Å². The molecular formula is C20H16N4O2. The number of amides is 2. The van der Waals surface area contributed by atoms with Crippen molar-refractivity contribution in [1.29, 1.82) is 0 Å². The first-order chi connectivity index (χ1) is 12.8. The van der Waals surface area contributed by atoms with Crippen LogP contribution in [0.25, 0.3) is 22.0 Å². The summed E-state index contributed by atoms with van der Waals surface area (Å²) in [5.41, 5.74) is 4.22. The zero-order valence-corrected chi connectivity index (χ0v) is 13.8. The Kier molecular flexibility index (Phi) is 4.30. The highest BCUT2D eigenvalue weighted by molar-refractivity contribution is 5.99. The van der Waals surface area contributed by atoms with Crippen LogP contribution in [0.3, 0.4) is 0 Å². The van der Waals surface area contributed by atoms with Crippen LogP contribution < -0.4 is 10.6 Å². The van der Waals surface area contributed by atoms with Crippen LogP contribution in [0.5, 0.6) is 0 Å². The molecule has 0 aliphatic carbocycles. The first kappa shape index (κ1) is 15.8. The highest BCUT2D eigenvalue weighted by atomic mass is 16.3. The Morgan fingerprint density at radius 3 is 2.88 bits per heavy atom. The van der Waals surface area contributed by atoms with Crippen LogP contribution in [0.1, 0.15) is 5.56 Å². The summed E-state index contributed by atoms with van der Waals surface area (Å²) in [5.74, 6) is 0. The van der Waals surface area contributed by atoms with Crippen molar-refractivity contribution in [2.45, 2.75) is 6.54 Å². The quantitative estimate of drug-likeness (QED) is 0.581. The predicted octanol–water partition coefficient (Wildman–Crippen LogP) is 4.21. The maximum absolute atomic E-state index is 12.3. The van der Waals surface area contributed by atoms with Crippen molar-refractivity contribution in [1.82, 2.24) is 15.3 Å². The number of urea groups is 1. The molecule has 2 amide bonds. The molecule has 0 radical (unpaired) electrons. The third-order valence-corrected chi connectivity index (χ3v) is 3.98. The fourth-order valence-corrected chi connectivity index (χ4v) is 2.72. The summed E-state index contributed by atoms with van der Waals surface area (Å²) >= 11 is 0. The van der Waals surface area contributed by atoms with Gasteiger partial charge in [-0.05, 0) is 29.8 Å². The Bertz CT molecular complexity index is 1040. The predicted molar refractivity (Wildman–Crippen MR) is 99.5 cm³/mol. The molecule has 4 aromatic rings. The maximum Gasteiger partial charge on any atom is 0.319 e. The molecule has 0 fully saturated rings. The van der Waals surface area contributed by atoms with Crippen molar-refractivity contribution in [3.05, 3.63) is 79.1 Å². The maximum atomic E-state index is 12.3. The molecule has 6 heteroatoms. The van der Waals surface area contributed by atoms with Gasteiger partial charge in [-0.2, -0.15) is 0 Å². The number of pyridine rings is 2. The SMILES string of the molecule is O=C(NCc1cncc(-c2ccoc2)c1)Nc1cccc2cccnc12. The van der Waals surface area contributed by atoms with E-state index in [1.807, 2.05) is 42.5 Å². The smallest absolute Gasteiger partial charge is 0.319 e. The molecule has 0 bridgehead atoms. The molecular weight excluding hydrogens is 328 g/mol. The molecule has 0 aliphatic rings. The molecule has 2 N–H and O–H groups in total. The first-order valence-electron chi connectivity index (χ1n) is 8.15. The number of carbonyl (C=O) groups excluding carboxylic acids is 1. The topological polar surface area (TPSA) is 80.0 Å². The first-order valence-corrected chi connectivity index (χ1v) is 8.15. The number of nitrogens with one attached hydrogen (secondary N) is 2. The molecule has 3 aromatic heterocycles. The van der Waals surface area contributed by atoms with Gasteiger partial charge in [-0.15, -0.1) is 0 Å². The fraction of sp³-hybridized carbons (Fsp3) is 0.0500. The van der Waals surface area contributed by atoms with E-state index >= 15 is 0 Å². The molecule has 0 atom stereocenters. The summed E-state index contributed by atoms with van der Waals surface area (Å²) in [6.45, 7) is 0.364. The monoisotopic (exact) mass is 344 g/mol. The zero-order chi connectivity index (χ0) is 17.8. The van der Waals surface area contributed by atoms with Crippen molar-refractivity contribution in [2.75, 3.05) is 5.32 Å². The largest absolute Gasteiger partial charge is 0.472 e. The van der Waals surface area contributed by atoms with Gasteiger partial charge in [0.25, 0.3) is 0 Å². The van der Waals surface area contributed by atoms with Gasteiger partial charge in [-0.3, -0.25) is 9.97 Å². The fourth-order valence-electron chi connectivity index (χ4n) is 2.72. The lowest BCUT2D eigenvalue weighted by Gasteiger charge is -2.10. The number of benzene rings is 1. The normalized spacial score (nSPS) is 10.6. The summed E-state index contributed by atoms with van der Waals surface area (Å²) in [4.78, 5) is 20.8. The molecule has 0 aliphatic heterocycles. The molecule has 0 saturated carbocycles. The molecule has 6 nitrogen and oxygen atoms in total. The average Bonchev–Trinajstić information content (AvgIpc) is 3.22. The van der Waals surface area contributed by atoms with E-state index in [-0.39, 0.29) is 6.03 Å². The van der Waals surface area contributed by atoms with Crippen LogP contribution >= 0.6 is 0 Å². The minimum Gasteiger partial charge on any atom is -0.472 e. The van der Waals surface area contributed by atoms with Crippen molar-refractivity contribution in [3.8, 4) is 11.1 Å². The lowest BCUT2D eigenvalue weighted by atomic mass is 10.1. The zero-order valence-electron chi connectivity index (χ0n) is 13.8. The van der Waals surface area contributed by atoms with E-state index in [1.165, 1.54) is 0 Å². The van der Waals surface area contributed by atoms with E-state index in [0.29, 0.717) is 12.2 Å². The third-order valence-electron chi connectivity index (χ3n) is 3.98. The van der Waals surface area contributed by atoms with Gasteiger partial charge in [0.1, 0.15) is 0 Å². The number of aromatic nitrogens is 2. The van der Waals surface area contributed by atoms with Crippen LogP contribution in [0.15, 0.2) is 78.0 Å². The summed E-state index contributed by atoms with van der Waals surface area (Å²) < 4.78 is 5.10. The van der Waals surface area contributed by atoms with Crippen LogP contribution in [0, 0.1) is 0 Å². The van der Waals surface area contributed by atoms with Gasteiger partial charge in [0.15, 0.2) is 0 Å². The van der Waals surface area contributed by atoms with Gasteiger partial charge in [0, 0.05) is 41.6 Å². The minimum atomic E-state index is -0.295. The molecule has 0 saturated heterocycles. The second kappa shape index (κ2) is 7.06. The van der Waals surface area contributed by atoms with Gasteiger partial charge in [0.2, 0.25) is 0 Å². The summed E-state index contributed by atoms with van der Waals surface area (Å²) in [6, 6.07) is 13.0. The van der Waals surface area contributed by atoms with Crippen molar-refractivity contribution < 1.29 is 9.21 Å². The molecule has 3 heterocycles. The third kappa shape index (κ3) is 3.39. The molecule has 1 aromatic carbocycles. The molecule has 128 valence electrons. The van der Waals surface area contributed by atoms with E-state index in [1.54, 1.807) is 31.1 Å². The van der Waals surface area contributed by atoms with E-state index < -0.39 is 0 Å². The number of anilines is 1. The molecule has 0 unspecified atom stereocenters. The lowest BCUT2D eigenvalue weighted by Crippen LogP contribution is -2.28. The van der Waals surface area contributed by atoms with Gasteiger partial charge < -0.3 is 15.1 Å². The Hall–Kier alpha value is -3.67. The van der Waals surface area contributed by atoms with E-state index in [9.17, 15) is 4.79 Å². The van der Waals surface area contributed by atoms with Crippen molar-refractivity contribution in [3.63, 3.8) is 0 Å². The van der Waals surface area contributed by atoms with E-state index in [2.05, 4.69) is 20.6 Å². The number of fused-ring (bicyclic) bond motifs is 1. The van der Waals surface area contributed by atoms with E-state index in [0.717, 1.165) is 27.6 Å². The summed E-state index contributed by atoms with van der Waals surface area (Å²) in [7, 11) is 0. The van der Waals surface area contributed by atoms with Crippen molar-refractivity contribution in [2.24, 2.45) is 0 Å². The number of hydrogen-bond donors (Lipinski definition) is 2. The minimum absolute atomic E-state index is 0.295. The van der Waals surface area contributed by atoms with Crippen LogP contribution in [-0.4, -0.2) is 16.0 Å². The number of nitrogens with zero attached hydrogens (tertiary/aromatic N) is 2. The van der Waals surface area contributed by atoms with Crippen molar-refractivity contribution >= 4 is 22.6 Å². The average molecular weight is 344 g/mol. The number of rotatable bonds is 4. The molecule has 0 spiro atoms. The van der Waals surface area contributed by atoms with E-state index in [4.69, 9.17) is 4.42 Å². The lowest BCUT2D eigenvalue weighted by molar-refractivity contribution is 0.252. The standard InChI is InChI=1S/C20H16N4O2/c25-20(24-18-5-1-3-15-4-2-7-22-19(15)18)23-11-14-9-17(12-21-10-14)16-6-8-26-13-16/h1-10,12-13H,11H2,(H2,23,24,25). The number of furan rings is 1. The van der Waals surface area contributed by atoms with Gasteiger partial charge in [-0.25, -0.2) is 4.79 Å². The van der Waals surface area contributed by atoms with Crippen LogP contribution in [-0.2, 0) is 6.54 Å². The Labute approximate surface area is 149 Å². The summed E-state index contributed by atoms with van der Waals surface area (Å²) in [5, 5.41) is 6.67. The Morgan fingerprint density at radius 2 is 2.00 bits per heavy atom.